The zero-order chi connectivity index (χ0) is 38.9. The van der Waals surface area contributed by atoms with Crippen LogP contribution in [-0.4, -0.2) is 19.5 Å². The first-order chi connectivity index (χ1) is 27.2. The number of furan rings is 1. The molecule has 6 heteroatoms. The molecule has 0 aliphatic heterocycles. The second kappa shape index (κ2) is 16.8. The van der Waals surface area contributed by atoms with Gasteiger partial charge in [-0.15, -0.1) is 53.1 Å². The van der Waals surface area contributed by atoms with Crippen molar-refractivity contribution in [2.45, 2.75) is 66.2 Å². The quantitative estimate of drug-likeness (QED) is 0.149. The van der Waals surface area contributed by atoms with Gasteiger partial charge in [-0.3, -0.25) is 4.57 Å². The number of aryl methyl sites for hydroxylation is 1. The van der Waals surface area contributed by atoms with E-state index in [9.17, 15) is 0 Å². The van der Waals surface area contributed by atoms with Gasteiger partial charge in [0.05, 0.1) is 16.6 Å². The summed E-state index contributed by atoms with van der Waals surface area (Å²) in [4.78, 5) is 14.2. The molecule has 0 N–H and O–H groups in total. The van der Waals surface area contributed by atoms with Crippen LogP contribution in [0.5, 0.6) is 0 Å². The van der Waals surface area contributed by atoms with Crippen LogP contribution < -0.4 is 0 Å². The zero-order valence-electron chi connectivity index (χ0n) is 33.5. The predicted molar refractivity (Wildman–Crippen MR) is 231 cm³/mol. The molecule has 4 aromatic heterocycles. The van der Waals surface area contributed by atoms with Crippen molar-refractivity contribution in [1.29, 1.82) is 0 Å². The molecule has 0 saturated heterocycles. The van der Waals surface area contributed by atoms with Crippen LogP contribution in [0.3, 0.4) is 0 Å². The fourth-order valence-electron chi connectivity index (χ4n) is 7.37. The fraction of sp³-hybridized carbons (Fsp3) is 0.196. The van der Waals surface area contributed by atoms with E-state index in [-0.39, 0.29) is 20.1 Å². The van der Waals surface area contributed by atoms with Crippen molar-refractivity contribution in [1.82, 2.24) is 19.5 Å². The Bertz CT molecular complexity index is 2800. The maximum absolute atomic E-state index is 6.54. The number of imidazole rings is 1. The summed E-state index contributed by atoms with van der Waals surface area (Å²) >= 11 is 0. The molecule has 0 fully saturated rings. The Balaban J connectivity index is 0.000000211. The predicted octanol–water partition coefficient (Wildman–Crippen LogP) is 13.7. The summed E-state index contributed by atoms with van der Waals surface area (Å²) in [5.41, 5.74) is 14.8. The van der Waals surface area contributed by atoms with Crippen molar-refractivity contribution >= 4 is 33.0 Å². The maximum atomic E-state index is 6.54. The van der Waals surface area contributed by atoms with Crippen LogP contribution in [0.15, 0.2) is 138 Å². The molecular weight excluding hydrogens is 877 g/mol. The number of rotatable bonds is 7. The first kappa shape index (κ1) is 39.6. The van der Waals surface area contributed by atoms with Gasteiger partial charge in [0.2, 0.25) is 0 Å². The van der Waals surface area contributed by atoms with Gasteiger partial charge >= 0.3 is 0 Å². The second-order valence-electron chi connectivity index (χ2n) is 15.4. The molecule has 0 saturated carbocycles. The van der Waals surface area contributed by atoms with Gasteiger partial charge in [-0.05, 0) is 59.5 Å². The number of para-hydroxylation sites is 1. The number of aromatic nitrogens is 4. The van der Waals surface area contributed by atoms with E-state index < -0.39 is 0 Å². The molecule has 0 aliphatic carbocycles. The van der Waals surface area contributed by atoms with E-state index in [2.05, 4.69) is 166 Å². The number of hydrogen-bond donors (Lipinski definition) is 0. The van der Waals surface area contributed by atoms with Gasteiger partial charge in [-0.2, -0.15) is 0 Å². The molecule has 0 aliphatic rings. The number of hydrogen-bond acceptors (Lipinski definition) is 4. The average Bonchev–Trinajstić information content (AvgIpc) is 3.78. The van der Waals surface area contributed by atoms with Crippen LogP contribution >= 0.6 is 0 Å². The largest absolute Gasteiger partial charge is 0.501 e. The molecule has 1 radical (unpaired) electrons. The molecule has 9 rings (SSSR count). The minimum Gasteiger partial charge on any atom is -0.501 e. The van der Waals surface area contributed by atoms with Crippen LogP contribution in [0.4, 0.5) is 0 Å². The summed E-state index contributed by atoms with van der Waals surface area (Å²) in [6.07, 6.45) is 3.76. The molecule has 0 amide bonds. The normalized spacial score (nSPS) is 11.4. The van der Waals surface area contributed by atoms with E-state index >= 15 is 0 Å². The Morgan fingerprint density at radius 3 is 1.96 bits per heavy atom. The van der Waals surface area contributed by atoms with Crippen LogP contribution in [0.25, 0.3) is 72.6 Å². The standard InChI is InChI=1S/C33H24N3O.C18H22N.Ir/c1-21(2)23-16-17-34-28(18-23)26-15-9-14-25-27-19-29-30(20-31(27)37-32(25)26)36(24-12-7-4-8-13-24)33(35-29)22-10-5-3-6-11-22;1-12(2)15-8-9-19-18(11-15)16-7-6-14(5)17(10-16)13(3)4;/h3-14,16-21H,1-2H3;6,8-13H,1-5H3;/q2*-1;. The topological polar surface area (TPSA) is 56.7 Å². The molecule has 57 heavy (non-hydrogen) atoms. The third-order valence-electron chi connectivity index (χ3n) is 10.5. The second-order valence-corrected chi connectivity index (χ2v) is 15.4. The Labute approximate surface area is 349 Å². The van der Waals surface area contributed by atoms with Gasteiger partial charge in [-0.1, -0.05) is 131 Å². The van der Waals surface area contributed by atoms with Crippen LogP contribution in [-0.2, 0) is 20.1 Å². The Morgan fingerprint density at radius 2 is 1.30 bits per heavy atom. The molecule has 5 aromatic carbocycles. The van der Waals surface area contributed by atoms with E-state index in [1.807, 2.05) is 42.7 Å². The Morgan fingerprint density at radius 1 is 0.649 bits per heavy atom. The van der Waals surface area contributed by atoms with Crippen molar-refractivity contribution in [2.75, 3.05) is 0 Å². The summed E-state index contributed by atoms with van der Waals surface area (Å²) in [6.45, 7) is 15.4. The Hall–Kier alpha value is -5.68. The number of fused-ring (bicyclic) bond motifs is 4. The van der Waals surface area contributed by atoms with E-state index in [1.165, 1.54) is 22.3 Å². The zero-order valence-corrected chi connectivity index (χ0v) is 35.9. The number of pyridine rings is 2. The molecule has 0 spiro atoms. The van der Waals surface area contributed by atoms with E-state index in [0.717, 1.165) is 72.6 Å². The summed E-state index contributed by atoms with van der Waals surface area (Å²) in [5, 5.41) is 2.08. The first-order valence-electron chi connectivity index (χ1n) is 19.5. The van der Waals surface area contributed by atoms with Crippen LogP contribution in [0.1, 0.15) is 81.5 Å². The number of nitrogens with zero attached hydrogens (tertiary/aromatic N) is 4. The summed E-state index contributed by atoms with van der Waals surface area (Å²) in [5.74, 6) is 2.38. The van der Waals surface area contributed by atoms with Gasteiger partial charge in [0, 0.05) is 55.2 Å². The third-order valence-corrected chi connectivity index (χ3v) is 10.5. The molecule has 0 atom stereocenters. The van der Waals surface area contributed by atoms with Crippen molar-refractivity contribution in [2.24, 2.45) is 0 Å². The SMILES string of the molecule is CC(C)c1ccnc(-c2[c-]ccc3c2oc2cc4c(cc23)nc(-c2ccccc2)n4-c2ccccc2)c1.Cc1c[c-]c(-c2cc(C(C)C)ccn2)cc1C(C)C.[Ir]. The molecule has 4 heterocycles. The molecule has 0 unspecified atom stereocenters. The minimum atomic E-state index is 0. The van der Waals surface area contributed by atoms with Crippen molar-refractivity contribution in [3.63, 3.8) is 0 Å². The van der Waals surface area contributed by atoms with Crippen LogP contribution in [0.2, 0.25) is 0 Å². The van der Waals surface area contributed by atoms with Gasteiger partial charge in [0.15, 0.2) is 0 Å². The van der Waals surface area contributed by atoms with E-state index in [1.54, 1.807) is 0 Å². The summed E-state index contributed by atoms with van der Waals surface area (Å²) in [7, 11) is 0. The molecule has 9 aromatic rings. The molecular formula is C51H46IrN4O-2. The molecule has 287 valence electrons. The van der Waals surface area contributed by atoms with Crippen molar-refractivity contribution < 1.29 is 24.5 Å². The Kier molecular flexibility index (Phi) is 11.7. The van der Waals surface area contributed by atoms with Crippen molar-refractivity contribution in [3.05, 3.63) is 168 Å². The van der Waals surface area contributed by atoms with Gasteiger partial charge in [-0.25, -0.2) is 4.98 Å². The first-order valence-corrected chi connectivity index (χ1v) is 19.5. The summed E-state index contributed by atoms with van der Waals surface area (Å²) < 4.78 is 8.75. The summed E-state index contributed by atoms with van der Waals surface area (Å²) in [6, 6.07) is 48.4. The van der Waals surface area contributed by atoms with Gasteiger partial charge in [0.1, 0.15) is 11.4 Å². The third kappa shape index (κ3) is 7.98. The number of benzene rings is 5. The van der Waals surface area contributed by atoms with E-state index in [0.29, 0.717) is 17.8 Å². The molecule has 0 bridgehead atoms. The van der Waals surface area contributed by atoms with E-state index in [4.69, 9.17) is 9.40 Å². The fourth-order valence-corrected chi connectivity index (χ4v) is 7.37. The van der Waals surface area contributed by atoms with Gasteiger partial charge in [0.25, 0.3) is 0 Å². The maximum Gasteiger partial charge on any atom is 0.145 e. The molecule has 5 nitrogen and oxygen atoms in total. The van der Waals surface area contributed by atoms with Crippen LogP contribution in [0, 0.1) is 19.1 Å². The monoisotopic (exact) mass is 923 g/mol. The average molecular weight is 923 g/mol. The smallest absolute Gasteiger partial charge is 0.145 e. The minimum absolute atomic E-state index is 0. The van der Waals surface area contributed by atoms with Crippen molar-refractivity contribution in [3.8, 4) is 39.6 Å². The van der Waals surface area contributed by atoms with Gasteiger partial charge < -0.3 is 14.4 Å².